The van der Waals surface area contributed by atoms with Gasteiger partial charge in [-0.1, -0.05) is 13.8 Å². The number of nitrogens with one attached hydrogen (secondary N) is 2. The van der Waals surface area contributed by atoms with Crippen molar-refractivity contribution < 1.29 is 22.7 Å². The fourth-order valence-electron chi connectivity index (χ4n) is 1.73. The zero-order valence-electron chi connectivity index (χ0n) is 12.0. The molecular weight excluding hydrogens is 285 g/mol. The number of hydrogen-bond donors (Lipinski definition) is 2. The van der Waals surface area contributed by atoms with Crippen LogP contribution in [0, 0.1) is 0 Å². The molecule has 0 atom stereocenters. The fourth-order valence-corrected chi connectivity index (χ4v) is 1.73. The number of rotatable bonds is 7. The Labute approximate surface area is 121 Å². The van der Waals surface area contributed by atoms with Crippen LogP contribution in [0.15, 0.2) is 24.3 Å². The van der Waals surface area contributed by atoms with Crippen LogP contribution < -0.4 is 15.4 Å². The number of hydrogen-bond acceptors (Lipinski definition) is 3. The molecule has 2 N–H and O–H groups in total. The summed E-state index contributed by atoms with van der Waals surface area (Å²) in [6, 6.07) is 5.36. The van der Waals surface area contributed by atoms with E-state index in [1.165, 1.54) is 24.3 Å². The zero-order chi connectivity index (χ0) is 15.9. The predicted molar refractivity (Wildman–Crippen MR) is 74.1 cm³/mol. The average Bonchev–Trinajstić information content (AvgIpc) is 2.42. The van der Waals surface area contributed by atoms with Crippen molar-refractivity contribution in [2.24, 2.45) is 0 Å². The Bertz CT molecular complexity index is 443. The summed E-state index contributed by atoms with van der Waals surface area (Å²) in [5, 5.41) is 5.69. The van der Waals surface area contributed by atoms with E-state index in [9.17, 15) is 18.0 Å². The Hall–Kier alpha value is -1.92. The third kappa shape index (κ3) is 6.87. The minimum Gasteiger partial charge on any atom is -0.406 e. The molecule has 0 radical (unpaired) electrons. The van der Waals surface area contributed by atoms with Gasteiger partial charge in [0, 0.05) is 11.7 Å². The third-order valence-corrected chi connectivity index (χ3v) is 2.89. The highest BCUT2D eigenvalue weighted by Gasteiger charge is 2.30. The lowest BCUT2D eigenvalue weighted by atomic mass is 10.2. The van der Waals surface area contributed by atoms with E-state index in [2.05, 4.69) is 15.4 Å². The molecule has 1 aromatic carbocycles. The van der Waals surface area contributed by atoms with Gasteiger partial charge in [-0.3, -0.25) is 4.79 Å². The highest BCUT2D eigenvalue weighted by Crippen LogP contribution is 2.23. The quantitative estimate of drug-likeness (QED) is 0.812. The van der Waals surface area contributed by atoms with Crippen molar-refractivity contribution in [2.45, 2.75) is 39.1 Å². The van der Waals surface area contributed by atoms with Crippen LogP contribution in [-0.2, 0) is 4.79 Å². The van der Waals surface area contributed by atoms with E-state index >= 15 is 0 Å². The maximum atomic E-state index is 12.0. The van der Waals surface area contributed by atoms with Crippen LogP contribution in [0.25, 0.3) is 0 Å². The first-order valence-corrected chi connectivity index (χ1v) is 6.73. The second-order valence-corrected chi connectivity index (χ2v) is 4.51. The Kier molecular flexibility index (Phi) is 6.33. The molecule has 0 saturated carbocycles. The summed E-state index contributed by atoms with van der Waals surface area (Å²) in [5.74, 6) is -0.450. The lowest BCUT2D eigenvalue weighted by molar-refractivity contribution is -0.274. The second-order valence-electron chi connectivity index (χ2n) is 4.51. The van der Waals surface area contributed by atoms with Crippen molar-refractivity contribution in [1.82, 2.24) is 5.32 Å². The van der Waals surface area contributed by atoms with Gasteiger partial charge >= 0.3 is 6.36 Å². The number of amides is 1. The molecule has 21 heavy (non-hydrogen) atoms. The zero-order valence-corrected chi connectivity index (χ0v) is 12.0. The maximum Gasteiger partial charge on any atom is 0.573 e. The Morgan fingerprint density at radius 1 is 1.19 bits per heavy atom. The maximum absolute atomic E-state index is 12.0. The van der Waals surface area contributed by atoms with Gasteiger partial charge in [-0.2, -0.15) is 0 Å². The first-order valence-electron chi connectivity index (χ1n) is 6.73. The van der Waals surface area contributed by atoms with Gasteiger partial charge in [0.05, 0.1) is 6.54 Å². The molecule has 1 rings (SSSR count). The van der Waals surface area contributed by atoms with E-state index in [1.807, 2.05) is 13.8 Å². The van der Waals surface area contributed by atoms with Crippen molar-refractivity contribution in [3.63, 3.8) is 0 Å². The highest BCUT2D eigenvalue weighted by molar-refractivity contribution is 5.80. The van der Waals surface area contributed by atoms with Crippen LogP contribution in [0.4, 0.5) is 18.9 Å². The van der Waals surface area contributed by atoms with E-state index in [0.717, 1.165) is 12.8 Å². The van der Waals surface area contributed by atoms with Crippen LogP contribution in [0.3, 0.4) is 0 Å². The van der Waals surface area contributed by atoms with Gasteiger partial charge in [-0.15, -0.1) is 13.2 Å². The Balaban J connectivity index is 2.44. The summed E-state index contributed by atoms with van der Waals surface area (Å²) in [7, 11) is 0. The summed E-state index contributed by atoms with van der Waals surface area (Å²) in [4.78, 5) is 11.7. The van der Waals surface area contributed by atoms with Gasteiger partial charge in [0.2, 0.25) is 5.91 Å². The first kappa shape index (κ1) is 17.1. The Morgan fingerprint density at radius 3 is 2.24 bits per heavy atom. The molecule has 0 aliphatic carbocycles. The summed E-state index contributed by atoms with van der Waals surface area (Å²) in [5.41, 5.74) is 0.546. The van der Waals surface area contributed by atoms with Crippen LogP contribution in [0.1, 0.15) is 26.7 Å². The summed E-state index contributed by atoms with van der Waals surface area (Å²) >= 11 is 0. The summed E-state index contributed by atoms with van der Waals surface area (Å²) < 4.78 is 39.7. The predicted octanol–water partition coefficient (Wildman–Crippen LogP) is 3.30. The molecule has 0 heterocycles. The van der Waals surface area contributed by atoms with Crippen LogP contribution >= 0.6 is 0 Å². The van der Waals surface area contributed by atoms with Crippen LogP contribution in [-0.4, -0.2) is 24.9 Å². The first-order chi connectivity index (χ1) is 9.84. The van der Waals surface area contributed by atoms with Gasteiger partial charge in [-0.25, -0.2) is 0 Å². The Morgan fingerprint density at radius 2 is 1.76 bits per heavy atom. The molecule has 118 valence electrons. The largest absolute Gasteiger partial charge is 0.573 e. The number of ether oxygens (including phenoxy) is 1. The standard InChI is InChI=1S/C14H19F3N2O2/c1-3-10(4-2)19-13(20)9-18-11-5-7-12(8-6-11)21-14(15,16)17/h5-8,10,18H,3-4,9H2,1-2H3,(H,19,20). The van der Waals surface area contributed by atoms with Crippen LogP contribution in [0.2, 0.25) is 0 Å². The number of alkyl halides is 3. The molecule has 0 spiro atoms. The molecule has 0 aliphatic rings. The molecule has 1 aromatic rings. The summed E-state index contributed by atoms with van der Waals surface area (Å²) in [6.45, 7) is 4.04. The normalized spacial score (nSPS) is 11.3. The van der Waals surface area contributed by atoms with E-state index in [0.29, 0.717) is 5.69 Å². The topological polar surface area (TPSA) is 50.4 Å². The van der Waals surface area contributed by atoms with Crippen LogP contribution in [0.5, 0.6) is 5.75 Å². The van der Waals surface area contributed by atoms with Gasteiger partial charge in [0.1, 0.15) is 5.75 Å². The molecule has 0 bridgehead atoms. The minimum absolute atomic E-state index is 0.0655. The molecule has 7 heteroatoms. The molecule has 0 unspecified atom stereocenters. The highest BCUT2D eigenvalue weighted by atomic mass is 19.4. The monoisotopic (exact) mass is 304 g/mol. The van der Waals surface area contributed by atoms with Crippen molar-refractivity contribution in [3.05, 3.63) is 24.3 Å². The van der Waals surface area contributed by atoms with Crippen molar-refractivity contribution in [3.8, 4) is 5.75 Å². The van der Waals surface area contributed by atoms with E-state index in [1.54, 1.807) is 0 Å². The van der Waals surface area contributed by atoms with Crippen molar-refractivity contribution in [1.29, 1.82) is 0 Å². The molecule has 0 fully saturated rings. The van der Waals surface area contributed by atoms with Gasteiger partial charge < -0.3 is 15.4 Å². The summed E-state index contributed by atoms with van der Waals surface area (Å²) in [6.07, 6.45) is -3.00. The molecule has 1 amide bonds. The van der Waals surface area contributed by atoms with Crippen molar-refractivity contribution in [2.75, 3.05) is 11.9 Å². The van der Waals surface area contributed by atoms with E-state index in [-0.39, 0.29) is 24.2 Å². The van der Waals surface area contributed by atoms with E-state index in [4.69, 9.17) is 0 Å². The molecule has 4 nitrogen and oxygen atoms in total. The lowest BCUT2D eigenvalue weighted by Crippen LogP contribution is -2.37. The van der Waals surface area contributed by atoms with E-state index < -0.39 is 6.36 Å². The SMILES string of the molecule is CCC(CC)NC(=O)CNc1ccc(OC(F)(F)F)cc1. The van der Waals surface area contributed by atoms with Crippen molar-refractivity contribution >= 4 is 11.6 Å². The van der Waals surface area contributed by atoms with Gasteiger partial charge in [0.25, 0.3) is 0 Å². The molecule has 0 aliphatic heterocycles. The smallest absolute Gasteiger partial charge is 0.406 e. The fraction of sp³-hybridized carbons (Fsp3) is 0.500. The number of carbonyl (C=O) groups excluding carboxylic acids is 1. The second kappa shape index (κ2) is 7.75. The molecule has 0 aromatic heterocycles. The third-order valence-electron chi connectivity index (χ3n) is 2.89. The number of benzene rings is 1. The average molecular weight is 304 g/mol. The number of anilines is 1. The molecular formula is C14H19F3N2O2. The lowest BCUT2D eigenvalue weighted by Gasteiger charge is -2.15. The molecule has 0 saturated heterocycles. The van der Waals surface area contributed by atoms with Gasteiger partial charge in [0.15, 0.2) is 0 Å². The number of halogens is 3. The van der Waals surface area contributed by atoms with Gasteiger partial charge in [-0.05, 0) is 37.1 Å². The minimum atomic E-state index is -4.70. The number of carbonyl (C=O) groups is 1.